The van der Waals surface area contributed by atoms with Crippen molar-refractivity contribution in [2.75, 3.05) is 11.1 Å². The number of nitrogens with zero attached hydrogens (tertiary/aromatic N) is 4. The molecule has 1 aromatic carbocycles. The van der Waals surface area contributed by atoms with Gasteiger partial charge in [0.15, 0.2) is 11.0 Å². The van der Waals surface area contributed by atoms with Crippen LogP contribution in [-0.2, 0) is 24.2 Å². The molecule has 2 heterocycles. The molecule has 8 nitrogen and oxygen atoms in total. The van der Waals surface area contributed by atoms with Gasteiger partial charge in [0, 0.05) is 22.0 Å². The number of carbonyl (C=O) groups excluding carboxylic acids is 2. The Balaban J connectivity index is 1.39. The third-order valence-electron chi connectivity index (χ3n) is 7.09. The van der Waals surface area contributed by atoms with E-state index in [0.29, 0.717) is 44.6 Å². The van der Waals surface area contributed by atoms with Crippen LogP contribution >= 0.6 is 34.7 Å². The summed E-state index contributed by atoms with van der Waals surface area (Å²) in [5.41, 5.74) is 2.40. The summed E-state index contributed by atoms with van der Waals surface area (Å²) in [5.74, 6) is 0.857. The number of rotatable bonds is 8. The van der Waals surface area contributed by atoms with Crippen LogP contribution in [0, 0.1) is 22.7 Å². The molecular weight excluding hydrogens is 552 g/mol. The molecule has 0 bridgehead atoms. The Hall–Kier alpha value is -2.87. The van der Waals surface area contributed by atoms with Crippen LogP contribution in [0.3, 0.4) is 0 Å². The monoisotopic (exact) mass is 584 g/mol. The van der Waals surface area contributed by atoms with E-state index in [0.717, 1.165) is 24.8 Å². The van der Waals surface area contributed by atoms with Crippen LogP contribution in [0.2, 0.25) is 5.02 Å². The van der Waals surface area contributed by atoms with E-state index >= 15 is 0 Å². The van der Waals surface area contributed by atoms with Crippen LogP contribution in [0.15, 0.2) is 29.4 Å². The molecule has 0 radical (unpaired) electrons. The van der Waals surface area contributed by atoms with E-state index in [-0.39, 0.29) is 23.0 Å². The maximum absolute atomic E-state index is 12.9. The van der Waals surface area contributed by atoms with E-state index in [1.165, 1.54) is 28.0 Å². The number of aromatic nitrogens is 3. The quantitative estimate of drug-likeness (QED) is 0.302. The highest BCUT2D eigenvalue weighted by atomic mass is 35.5. The molecule has 11 heteroatoms. The summed E-state index contributed by atoms with van der Waals surface area (Å²) in [7, 11) is 0. The molecule has 0 aliphatic heterocycles. The summed E-state index contributed by atoms with van der Waals surface area (Å²) < 4.78 is 1.89. The average molecular weight is 585 g/mol. The topological polar surface area (TPSA) is 113 Å². The van der Waals surface area contributed by atoms with Crippen molar-refractivity contribution < 1.29 is 9.59 Å². The minimum atomic E-state index is -0.392. The first-order valence-electron chi connectivity index (χ1n) is 13.0. The lowest BCUT2D eigenvalue weighted by molar-refractivity contribution is -0.113. The van der Waals surface area contributed by atoms with Crippen molar-refractivity contribution in [2.24, 2.45) is 11.3 Å². The number of fused-ring (bicyclic) bond motifs is 1. The second-order valence-corrected chi connectivity index (χ2v) is 13.2. The Labute approximate surface area is 242 Å². The standard InChI is InChI=1S/C28H33ClN6O2S2/c1-6-35-24(16(2)31-25(37)17-7-10-19(29)11-8-17)33-34-27(35)38-15-23(36)32-26-21(14-30)20-12-9-18(28(3,4)5)13-22(20)39-26/h7-8,10-11,16,18H,6,9,12-13,15H2,1-5H3,(H,31,37)(H,32,36)/t16-,18+/m0/s1. The lowest BCUT2D eigenvalue weighted by Gasteiger charge is -2.33. The lowest BCUT2D eigenvalue weighted by Crippen LogP contribution is -2.28. The van der Waals surface area contributed by atoms with Crippen molar-refractivity contribution in [1.29, 1.82) is 5.26 Å². The molecule has 2 amide bonds. The first kappa shape index (κ1) is 29.1. The summed E-state index contributed by atoms with van der Waals surface area (Å²) in [6.07, 6.45) is 2.87. The number of thiophene rings is 1. The second kappa shape index (κ2) is 12.1. The Morgan fingerprint density at radius 3 is 2.64 bits per heavy atom. The van der Waals surface area contributed by atoms with Gasteiger partial charge in [-0.25, -0.2) is 0 Å². The zero-order chi connectivity index (χ0) is 28.3. The third kappa shape index (κ3) is 6.65. The number of thioether (sulfide) groups is 1. The minimum absolute atomic E-state index is 0.127. The van der Waals surface area contributed by atoms with Gasteiger partial charge in [-0.2, -0.15) is 5.26 Å². The molecule has 206 valence electrons. The van der Waals surface area contributed by atoms with Crippen LogP contribution in [0.1, 0.15) is 79.3 Å². The molecule has 1 aliphatic carbocycles. The molecule has 2 aromatic heterocycles. The number of halogens is 1. The van der Waals surface area contributed by atoms with E-state index in [9.17, 15) is 14.9 Å². The molecule has 1 aliphatic rings. The van der Waals surface area contributed by atoms with E-state index in [2.05, 4.69) is 47.7 Å². The fourth-order valence-corrected chi connectivity index (χ4v) is 7.02. The molecular formula is C28H33ClN6O2S2. The average Bonchev–Trinajstić information content (AvgIpc) is 3.46. The number of anilines is 1. The third-order valence-corrected chi connectivity index (χ3v) is 9.48. The van der Waals surface area contributed by atoms with Crippen molar-refractivity contribution in [3.05, 3.63) is 56.7 Å². The minimum Gasteiger partial charge on any atom is -0.342 e. The Morgan fingerprint density at radius 1 is 1.28 bits per heavy atom. The highest BCUT2D eigenvalue weighted by molar-refractivity contribution is 7.99. The molecule has 4 rings (SSSR count). The molecule has 0 saturated carbocycles. The van der Waals surface area contributed by atoms with Crippen LogP contribution in [0.4, 0.5) is 5.00 Å². The Bertz CT molecular complexity index is 1400. The SMILES string of the molecule is CCn1c(SCC(=O)Nc2sc3c(c2C#N)CC[C@@H](C(C)(C)C)C3)nnc1[C@H](C)NC(=O)c1ccc(Cl)cc1. The smallest absolute Gasteiger partial charge is 0.251 e. The van der Waals surface area contributed by atoms with E-state index in [1.54, 1.807) is 24.3 Å². The highest BCUT2D eigenvalue weighted by Gasteiger charge is 2.32. The summed E-state index contributed by atoms with van der Waals surface area (Å²) in [5, 5.41) is 26.1. The molecule has 2 atom stereocenters. The summed E-state index contributed by atoms with van der Waals surface area (Å²) in [4.78, 5) is 26.7. The molecule has 39 heavy (non-hydrogen) atoms. The van der Waals surface area contributed by atoms with Gasteiger partial charge in [0.25, 0.3) is 5.91 Å². The van der Waals surface area contributed by atoms with Crippen LogP contribution in [-0.4, -0.2) is 32.3 Å². The van der Waals surface area contributed by atoms with Crippen molar-refractivity contribution >= 4 is 51.5 Å². The largest absolute Gasteiger partial charge is 0.342 e. The van der Waals surface area contributed by atoms with Crippen LogP contribution in [0.5, 0.6) is 0 Å². The van der Waals surface area contributed by atoms with Gasteiger partial charge in [0.05, 0.1) is 17.4 Å². The first-order valence-corrected chi connectivity index (χ1v) is 15.2. The first-order chi connectivity index (χ1) is 18.5. The number of hydrogen-bond donors (Lipinski definition) is 2. The number of nitrogens with one attached hydrogen (secondary N) is 2. The normalized spacial score (nSPS) is 15.8. The van der Waals surface area contributed by atoms with Crippen LogP contribution in [0.25, 0.3) is 0 Å². The van der Waals surface area contributed by atoms with Crippen LogP contribution < -0.4 is 10.6 Å². The number of benzene rings is 1. The molecule has 0 saturated heterocycles. The van der Waals surface area contributed by atoms with Gasteiger partial charge in [-0.1, -0.05) is 44.1 Å². The van der Waals surface area contributed by atoms with Crippen molar-refractivity contribution in [1.82, 2.24) is 20.1 Å². The number of hydrogen-bond acceptors (Lipinski definition) is 7. The maximum atomic E-state index is 12.9. The number of nitriles is 1. The van der Waals surface area contributed by atoms with Gasteiger partial charge in [0.2, 0.25) is 5.91 Å². The predicted molar refractivity (Wildman–Crippen MR) is 156 cm³/mol. The molecule has 2 N–H and O–H groups in total. The molecule has 0 spiro atoms. The van der Waals surface area contributed by atoms with E-state index < -0.39 is 6.04 Å². The van der Waals surface area contributed by atoms with Crippen molar-refractivity contribution in [3.63, 3.8) is 0 Å². The van der Waals surface area contributed by atoms with E-state index in [4.69, 9.17) is 11.6 Å². The van der Waals surface area contributed by atoms with Gasteiger partial charge < -0.3 is 15.2 Å². The maximum Gasteiger partial charge on any atom is 0.251 e. The predicted octanol–water partition coefficient (Wildman–Crippen LogP) is 6.26. The summed E-state index contributed by atoms with van der Waals surface area (Å²) in [6.45, 7) is 11.2. The fourth-order valence-electron chi connectivity index (χ4n) is 4.79. The van der Waals surface area contributed by atoms with Gasteiger partial charge in [-0.15, -0.1) is 21.5 Å². The summed E-state index contributed by atoms with van der Waals surface area (Å²) >= 11 is 8.73. The van der Waals surface area contributed by atoms with Gasteiger partial charge in [-0.3, -0.25) is 9.59 Å². The molecule has 0 unspecified atom stereocenters. The second-order valence-electron chi connectivity index (χ2n) is 10.7. The zero-order valence-corrected chi connectivity index (χ0v) is 25.2. The zero-order valence-electron chi connectivity index (χ0n) is 22.8. The van der Waals surface area contributed by atoms with Gasteiger partial charge in [0.1, 0.15) is 11.1 Å². The highest BCUT2D eigenvalue weighted by Crippen LogP contribution is 2.44. The lowest BCUT2D eigenvalue weighted by atomic mass is 9.72. The molecule has 3 aromatic rings. The number of carbonyl (C=O) groups is 2. The van der Waals surface area contributed by atoms with Gasteiger partial charge in [-0.05, 0) is 74.3 Å². The Morgan fingerprint density at radius 2 is 2.00 bits per heavy atom. The number of amides is 2. The van der Waals surface area contributed by atoms with Gasteiger partial charge >= 0.3 is 0 Å². The van der Waals surface area contributed by atoms with E-state index in [1.807, 2.05) is 18.4 Å². The van der Waals surface area contributed by atoms with Crippen molar-refractivity contribution in [3.8, 4) is 6.07 Å². The van der Waals surface area contributed by atoms with Crippen molar-refractivity contribution in [2.45, 2.75) is 71.6 Å². The summed E-state index contributed by atoms with van der Waals surface area (Å²) in [6, 6.07) is 8.60. The fraction of sp³-hybridized carbons (Fsp3) is 0.464. The molecule has 0 fully saturated rings. The Kier molecular flexibility index (Phi) is 9.04.